The van der Waals surface area contributed by atoms with Gasteiger partial charge in [0.2, 0.25) is 6.10 Å². The first-order valence-corrected chi connectivity index (χ1v) is 8.56. The maximum absolute atomic E-state index is 12.3. The van der Waals surface area contributed by atoms with Crippen molar-refractivity contribution >= 4 is 5.97 Å². The van der Waals surface area contributed by atoms with Gasteiger partial charge in [0.25, 0.3) is 0 Å². The molecule has 0 saturated carbocycles. The number of carbonyl (C=O) groups is 1. The molecule has 2 aromatic rings. The Balaban J connectivity index is 1.48. The van der Waals surface area contributed by atoms with Crippen LogP contribution in [0.1, 0.15) is 12.5 Å². The normalized spacial score (nSPS) is 18.2. The fraction of sp³-hybridized carbons (Fsp3) is 0.350. The molecule has 5 nitrogen and oxygen atoms in total. The van der Waals surface area contributed by atoms with E-state index in [2.05, 4.69) is 19.2 Å². The second kappa shape index (κ2) is 8.03. The molecule has 0 fully saturated rings. The standard InChI is InChI=1S/C20H23NO4/c1-15(12-21(2)13-16-8-4-3-5-9-16)24-20(22)19-14-23-17-10-6-7-11-18(17)25-19/h3-11,15,19H,12-14H2,1-2H3/p+1/t15-,19-/m0/s1. The van der Waals surface area contributed by atoms with Gasteiger partial charge < -0.3 is 19.1 Å². The van der Waals surface area contributed by atoms with E-state index in [9.17, 15) is 4.79 Å². The lowest BCUT2D eigenvalue weighted by atomic mass is 10.2. The zero-order valence-corrected chi connectivity index (χ0v) is 14.6. The summed E-state index contributed by atoms with van der Waals surface area (Å²) < 4.78 is 16.8. The SMILES string of the molecule is C[C@@H](C[NH+](C)Cc1ccccc1)OC(=O)[C@@H]1COc2ccccc2O1. The van der Waals surface area contributed by atoms with Gasteiger partial charge in [0.05, 0.1) is 7.05 Å². The minimum absolute atomic E-state index is 0.176. The highest BCUT2D eigenvalue weighted by Crippen LogP contribution is 2.31. The monoisotopic (exact) mass is 342 g/mol. The largest absolute Gasteiger partial charge is 0.485 e. The van der Waals surface area contributed by atoms with Crippen LogP contribution in [0.3, 0.4) is 0 Å². The third kappa shape index (κ3) is 4.73. The molecular formula is C20H24NO4+. The molecule has 0 amide bonds. The number of carbonyl (C=O) groups excluding carboxylic acids is 1. The fourth-order valence-corrected chi connectivity index (χ4v) is 2.96. The molecule has 5 heteroatoms. The lowest BCUT2D eigenvalue weighted by Crippen LogP contribution is -3.08. The summed E-state index contributed by atoms with van der Waals surface area (Å²) in [5.74, 6) is 0.858. The number of likely N-dealkylation sites (N-methyl/N-ethyl adjacent to an activating group) is 1. The van der Waals surface area contributed by atoms with Crippen LogP contribution in [-0.4, -0.2) is 38.4 Å². The van der Waals surface area contributed by atoms with Crippen LogP contribution in [0.25, 0.3) is 0 Å². The zero-order valence-electron chi connectivity index (χ0n) is 14.6. The van der Waals surface area contributed by atoms with Crippen LogP contribution in [0.15, 0.2) is 54.6 Å². The molecule has 0 saturated heterocycles. The van der Waals surface area contributed by atoms with Gasteiger partial charge >= 0.3 is 5.97 Å². The van der Waals surface area contributed by atoms with Crippen LogP contribution in [0.4, 0.5) is 0 Å². The van der Waals surface area contributed by atoms with Gasteiger partial charge in [0.1, 0.15) is 25.8 Å². The molecule has 1 aliphatic rings. The first-order chi connectivity index (χ1) is 12.1. The Bertz CT molecular complexity index is 704. The van der Waals surface area contributed by atoms with Gasteiger partial charge in [0, 0.05) is 5.56 Å². The highest BCUT2D eigenvalue weighted by molar-refractivity contribution is 5.76. The first kappa shape index (κ1) is 17.3. The lowest BCUT2D eigenvalue weighted by Gasteiger charge is -2.26. The molecule has 132 valence electrons. The first-order valence-electron chi connectivity index (χ1n) is 8.56. The summed E-state index contributed by atoms with van der Waals surface area (Å²) in [5.41, 5.74) is 1.26. The molecular weight excluding hydrogens is 318 g/mol. The summed E-state index contributed by atoms with van der Waals surface area (Å²) in [6.45, 7) is 3.70. The van der Waals surface area contributed by atoms with Crippen molar-refractivity contribution in [2.24, 2.45) is 0 Å². The summed E-state index contributed by atoms with van der Waals surface area (Å²) in [6.07, 6.45) is -0.913. The minimum Gasteiger partial charge on any atom is -0.485 e. The predicted molar refractivity (Wildman–Crippen MR) is 93.8 cm³/mol. The van der Waals surface area contributed by atoms with E-state index in [0.717, 1.165) is 13.1 Å². The topological polar surface area (TPSA) is 49.2 Å². The van der Waals surface area contributed by atoms with E-state index in [0.29, 0.717) is 11.5 Å². The van der Waals surface area contributed by atoms with Crippen LogP contribution < -0.4 is 14.4 Å². The number of rotatable bonds is 6. The number of esters is 1. The molecule has 3 atom stereocenters. The predicted octanol–water partition coefficient (Wildman–Crippen LogP) is 1.47. The number of fused-ring (bicyclic) bond motifs is 1. The number of quaternary nitrogens is 1. The van der Waals surface area contributed by atoms with Crippen molar-refractivity contribution in [1.29, 1.82) is 0 Å². The van der Waals surface area contributed by atoms with Crippen molar-refractivity contribution in [3.63, 3.8) is 0 Å². The third-order valence-electron chi connectivity index (χ3n) is 4.07. The van der Waals surface area contributed by atoms with E-state index < -0.39 is 6.10 Å². The molecule has 0 bridgehead atoms. The minimum atomic E-state index is -0.716. The summed E-state index contributed by atoms with van der Waals surface area (Å²) in [4.78, 5) is 13.6. The maximum Gasteiger partial charge on any atom is 0.351 e. The highest BCUT2D eigenvalue weighted by Gasteiger charge is 2.30. The fourth-order valence-electron chi connectivity index (χ4n) is 2.96. The average Bonchev–Trinajstić information content (AvgIpc) is 2.61. The summed E-state index contributed by atoms with van der Waals surface area (Å²) in [7, 11) is 2.09. The summed E-state index contributed by atoms with van der Waals surface area (Å²) in [5, 5.41) is 0. The average molecular weight is 342 g/mol. The van der Waals surface area contributed by atoms with E-state index in [1.807, 2.05) is 43.3 Å². The maximum atomic E-state index is 12.3. The van der Waals surface area contributed by atoms with Crippen LogP contribution in [0.2, 0.25) is 0 Å². The third-order valence-corrected chi connectivity index (χ3v) is 4.07. The Morgan fingerprint density at radius 2 is 1.84 bits per heavy atom. The van der Waals surface area contributed by atoms with Crippen LogP contribution in [0.5, 0.6) is 11.5 Å². The number of hydrogen-bond acceptors (Lipinski definition) is 4. The Morgan fingerprint density at radius 1 is 1.16 bits per heavy atom. The van der Waals surface area contributed by atoms with Crippen LogP contribution in [-0.2, 0) is 16.1 Å². The Labute approximate surface area is 148 Å². The lowest BCUT2D eigenvalue weighted by molar-refractivity contribution is -0.896. The second-order valence-electron chi connectivity index (χ2n) is 6.44. The zero-order chi connectivity index (χ0) is 17.6. The molecule has 3 rings (SSSR count). The highest BCUT2D eigenvalue weighted by atomic mass is 16.6. The molecule has 0 aliphatic carbocycles. The summed E-state index contributed by atoms with van der Waals surface area (Å²) in [6, 6.07) is 17.6. The van der Waals surface area contributed by atoms with Crippen molar-refractivity contribution in [1.82, 2.24) is 0 Å². The molecule has 2 aromatic carbocycles. The smallest absolute Gasteiger partial charge is 0.351 e. The van der Waals surface area contributed by atoms with Gasteiger partial charge in [-0.05, 0) is 19.1 Å². The molecule has 0 radical (unpaired) electrons. The van der Waals surface area contributed by atoms with Crippen LogP contribution in [0, 0.1) is 0 Å². The van der Waals surface area contributed by atoms with Gasteiger partial charge in [-0.3, -0.25) is 0 Å². The molecule has 1 aliphatic heterocycles. The van der Waals surface area contributed by atoms with E-state index in [1.165, 1.54) is 10.5 Å². The van der Waals surface area contributed by atoms with Crippen molar-refractivity contribution in [3.05, 3.63) is 60.2 Å². The number of nitrogens with one attached hydrogen (secondary N) is 1. The number of para-hydroxylation sites is 2. The van der Waals surface area contributed by atoms with Gasteiger partial charge in [-0.2, -0.15) is 0 Å². The van der Waals surface area contributed by atoms with Gasteiger partial charge in [-0.25, -0.2) is 4.79 Å². The molecule has 25 heavy (non-hydrogen) atoms. The molecule has 0 spiro atoms. The van der Waals surface area contributed by atoms with Crippen molar-refractivity contribution in [3.8, 4) is 11.5 Å². The van der Waals surface area contributed by atoms with Crippen molar-refractivity contribution in [2.75, 3.05) is 20.2 Å². The number of ether oxygens (including phenoxy) is 3. The quantitative estimate of drug-likeness (QED) is 0.808. The van der Waals surface area contributed by atoms with Crippen molar-refractivity contribution in [2.45, 2.75) is 25.7 Å². The van der Waals surface area contributed by atoms with Gasteiger partial charge in [-0.1, -0.05) is 42.5 Å². The van der Waals surface area contributed by atoms with E-state index >= 15 is 0 Å². The molecule has 0 aromatic heterocycles. The van der Waals surface area contributed by atoms with Crippen molar-refractivity contribution < 1.29 is 23.9 Å². The van der Waals surface area contributed by atoms with Gasteiger partial charge in [0.15, 0.2) is 11.5 Å². The van der Waals surface area contributed by atoms with Gasteiger partial charge in [-0.15, -0.1) is 0 Å². The molecule has 1 unspecified atom stereocenters. The Hall–Kier alpha value is -2.53. The van der Waals surface area contributed by atoms with E-state index in [-0.39, 0.29) is 18.7 Å². The summed E-state index contributed by atoms with van der Waals surface area (Å²) >= 11 is 0. The number of hydrogen-bond donors (Lipinski definition) is 1. The van der Waals surface area contributed by atoms with E-state index in [4.69, 9.17) is 14.2 Å². The molecule has 1 N–H and O–H groups in total. The number of benzene rings is 2. The Morgan fingerprint density at radius 3 is 2.60 bits per heavy atom. The Kier molecular flexibility index (Phi) is 5.56. The van der Waals surface area contributed by atoms with Crippen LogP contribution >= 0.6 is 0 Å². The van der Waals surface area contributed by atoms with E-state index in [1.54, 1.807) is 6.07 Å². The molecule has 1 heterocycles. The second-order valence-corrected chi connectivity index (χ2v) is 6.44.